The van der Waals surface area contributed by atoms with E-state index in [1.54, 1.807) is 0 Å². The Bertz CT molecular complexity index is 635. The van der Waals surface area contributed by atoms with Gasteiger partial charge in [-0.1, -0.05) is 36.4 Å². The Morgan fingerprint density at radius 1 is 1.05 bits per heavy atom. The van der Waals surface area contributed by atoms with Crippen LogP contribution in [0.15, 0.2) is 48.5 Å². The molecule has 116 valence electrons. The van der Waals surface area contributed by atoms with Gasteiger partial charge >= 0.3 is 0 Å². The molecule has 2 aromatic carbocycles. The summed E-state index contributed by atoms with van der Waals surface area (Å²) in [5.41, 5.74) is 4.16. The SMILES string of the molecule is Cc1ccc(C(=O)N[C@@H](CN(C)C)c2ccccc2)cc1C. The van der Waals surface area contributed by atoms with Gasteiger partial charge in [0.2, 0.25) is 0 Å². The van der Waals surface area contributed by atoms with Crippen LogP contribution < -0.4 is 5.32 Å². The van der Waals surface area contributed by atoms with Crippen molar-refractivity contribution >= 4 is 5.91 Å². The molecule has 3 nitrogen and oxygen atoms in total. The van der Waals surface area contributed by atoms with Gasteiger partial charge in [-0.05, 0) is 56.8 Å². The zero-order valence-corrected chi connectivity index (χ0v) is 13.8. The number of nitrogens with zero attached hydrogens (tertiary/aromatic N) is 1. The lowest BCUT2D eigenvalue weighted by Gasteiger charge is -2.23. The summed E-state index contributed by atoms with van der Waals surface area (Å²) in [6.45, 7) is 4.84. The molecule has 0 aliphatic carbocycles. The normalized spacial score (nSPS) is 12.2. The summed E-state index contributed by atoms with van der Waals surface area (Å²) in [7, 11) is 4.02. The van der Waals surface area contributed by atoms with E-state index in [-0.39, 0.29) is 11.9 Å². The van der Waals surface area contributed by atoms with E-state index in [9.17, 15) is 4.79 Å². The number of aryl methyl sites for hydroxylation is 2. The molecule has 2 aromatic rings. The van der Waals surface area contributed by atoms with Crippen LogP contribution in [0.4, 0.5) is 0 Å². The van der Waals surface area contributed by atoms with Crippen LogP contribution in [0.25, 0.3) is 0 Å². The Kier molecular flexibility index (Phi) is 5.34. The van der Waals surface area contributed by atoms with Crippen molar-refractivity contribution in [2.45, 2.75) is 19.9 Å². The lowest BCUT2D eigenvalue weighted by atomic mass is 10.0. The number of carbonyl (C=O) groups excluding carboxylic acids is 1. The Labute approximate surface area is 133 Å². The zero-order chi connectivity index (χ0) is 16.1. The van der Waals surface area contributed by atoms with Gasteiger partial charge in [-0.25, -0.2) is 0 Å². The molecule has 2 rings (SSSR count). The molecule has 0 aliphatic heterocycles. The first-order valence-corrected chi connectivity index (χ1v) is 7.55. The van der Waals surface area contributed by atoms with E-state index in [0.717, 1.165) is 17.7 Å². The van der Waals surface area contributed by atoms with Gasteiger partial charge < -0.3 is 10.2 Å². The fourth-order valence-electron chi connectivity index (χ4n) is 2.41. The van der Waals surface area contributed by atoms with Gasteiger partial charge in [0, 0.05) is 12.1 Å². The Morgan fingerprint density at radius 2 is 1.73 bits per heavy atom. The molecule has 0 bridgehead atoms. The first kappa shape index (κ1) is 16.2. The van der Waals surface area contributed by atoms with Crippen LogP contribution in [0.2, 0.25) is 0 Å². The zero-order valence-electron chi connectivity index (χ0n) is 13.8. The second kappa shape index (κ2) is 7.23. The van der Waals surface area contributed by atoms with Gasteiger partial charge in [0.25, 0.3) is 5.91 Å². The number of hydrogen-bond acceptors (Lipinski definition) is 2. The number of hydrogen-bond donors (Lipinski definition) is 1. The number of carbonyl (C=O) groups is 1. The smallest absolute Gasteiger partial charge is 0.251 e. The van der Waals surface area contributed by atoms with Crippen LogP contribution >= 0.6 is 0 Å². The van der Waals surface area contributed by atoms with Gasteiger partial charge in [0.05, 0.1) is 6.04 Å². The summed E-state index contributed by atoms with van der Waals surface area (Å²) in [5.74, 6) is -0.0289. The molecule has 22 heavy (non-hydrogen) atoms. The van der Waals surface area contributed by atoms with Crippen molar-refractivity contribution in [1.29, 1.82) is 0 Å². The van der Waals surface area contributed by atoms with Crippen LogP contribution in [-0.4, -0.2) is 31.4 Å². The topological polar surface area (TPSA) is 32.3 Å². The van der Waals surface area contributed by atoms with Gasteiger partial charge in [-0.2, -0.15) is 0 Å². The van der Waals surface area contributed by atoms with Crippen molar-refractivity contribution in [2.24, 2.45) is 0 Å². The van der Waals surface area contributed by atoms with Crippen molar-refractivity contribution in [1.82, 2.24) is 10.2 Å². The van der Waals surface area contributed by atoms with Crippen molar-refractivity contribution in [3.8, 4) is 0 Å². The third-order valence-electron chi connectivity index (χ3n) is 3.82. The fourth-order valence-corrected chi connectivity index (χ4v) is 2.41. The number of likely N-dealkylation sites (N-methyl/N-ethyl adjacent to an activating group) is 1. The van der Waals surface area contributed by atoms with Gasteiger partial charge in [-0.15, -0.1) is 0 Å². The standard InChI is InChI=1S/C19H24N2O/c1-14-10-11-17(12-15(14)2)19(22)20-18(13-21(3)4)16-8-6-5-7-9-16/h5-12,18H,13H2,1-4H3,(H,20,22)/t18-/m0/s1. The Balaban J connectivity index is 2.19. The molecule has 0 heterocycles. The predicted octanol–water partition coefficient (Wildman–Crippen LogP) is 3.34. The van der Waals surface area contributed by atoms with Crippen LogP contribution in [0.5, 0.6) is 0 Å². The fraction of sp³-hybridized carbons (Fsp3) is 0.316. The molecule has 0 aromatic heterocycles. The highest BCUT2D eigenvalue weighted by Gasteiger charge is 2.16. The minimum absolute atomic E-state index is 0.0229. The lowest BCUT2D eigenvalue weighted by molar-refractivity contribution is 0.0930. The predicted molar refractivity (Wildman–Crippen MR) is 91.1 cm³/mol. The highest BCUT2D eigenvalue weighted by molar-refractivity contribution is 5.94. The molecule has 0 radical (unpaired) electrons. The van der Waals surface area contributed by atoms with Gasteiger partial charge in [0.15, 0.2) is 0 Å². The molecule has 0 fully saturated rings. The number of benzene rings is 2. The maximum Gasteiger partial charge on any atom is 0.251 e. The molecule has 0 saturated heterocycles. The average Bonchev–Trinajstić information content (AvgIpc) is 2.49. The molecule has 0 saturated carbocycles. The maximum absolute atomic E-state index is 12.5. The molecule has 1 N–H and O–H groups in total. The van der Waals surface area contributed by atoms with Crippen LogP contribution in [-0.2, 0) is 0 Å². The summed E-state index contributed by atoms with van der Waals surface area (Å²) in [6, 6.07) is 15.9. The average molecular weight is 296 g/mol. The highest BCUT2D eigenvalue weighted by Crippen LogP contribution is 2.16. The molecule has 1 amide bonds. The molecule has 0 unspecified atom stereocenters. The maximum atomic E-state index is 12.5. The summed E-state index contributed by atoms with van der Waals surface area (Å²) < 4.78 is 0. The Hall–Kier alpha value is -2.13. The van der Waals surface area contributed by atoms with Crippen LogP contribution in [0, 0.1) is 13.8 Å². The second-order valence-electron chi connectivity index (χ2n) is 6.00. The number of amides is 1. The first-order valence-electron chi connectivity index (χ1n) is 7.55. The minimum atomic E-state index is -0.0289. The van der Waals surface area contributed by atoms with Gasteiger partial charge in [-0.3, -0.25) is 4.79 Å². The summed E-state index contributed by atoms with van der Waals surface area (Å²) in [5, 5.41) is 3.15. The van der Waals surface area contributed by atoms with E-state index in [1.165, 1.54) is 5.56 Å². The third kappa shape index (κ3) is 4.18. The van der Waals surface area contributed by atoms with Crippen LogP contribution in [0.1, 0.15) is 33.1 Å². The van der Waals surface area contributed by atoms with E-state index in [0.29, 0.717) is 5.56 Å². The molecule has 0 spiro atoms. The molecule has 1 atom stereocenters. The van der Waals surface area contributed by atoms with Crippen molar-refractivity contribution in [2.75, 3.05) is 20.6 Å². The summed E-state index contributed by atoms with van der Waals surface area (Å²) in [4.78, 5) is 14.6. The van der Waals surface area contributed by atoms with E-state index < -0.39 is 0 Å². The molecule has 0 aliphatic rings. The minimum Gasteiger partial charge on any atom is -0.344 e. The lowest BCUT2D eigenvalue weighted by Crippen LogP contribution is -2.35. The van der Waals surface area contributed by atoms with E-state index in [1.807, 2.05) is 57.4 Å². The largest absolute Gasteiger partial charge is 0.344 e. The monoisotopic (exact) mass is 296 g/mol. The third-order valence-corrected chi connectivity index (χ3v) is 3.82. The van der Waals surface area contributed by atoms with Crippen molar-refractivity contribution in [3.05, 3.63) is 70.8 Å². The second-order valence-corrected chi connectivity index (χ2v) is 6.00. The molecular formula is C19H24N2O. The molecule has 3 heteroatoms. The highest BCUT2D eigenvalue weighted by atomic mass is 16.1. The van der Waals surface area contributed by atoms with E-state index >= 15 is 0 Å². The van der Waals surface area contributed by atoms with Crippen molar-refractivity contribution in [3.63, 3.8) is 0 Å². The summed E-state index contributed by atoms with van der Waals surface area (Å²) >= 11 is 0. The van der Waals surface area contributed by atoms with Crippen molar-refractivity contribution < 1.29 is 4.79 Å². The first-order chi connectivity index (χ1) is 10.5. The molecular weight excluding hydrogens is 272 g/mol. The Morgan fingerprint density at radius 3 is 2.32 bits per heavy atom. The van der Waals surface area contributed by atoms with E-state index in [4.69, 9.17) is 0 Å². The summed E-state index contributed by atoms with van der Waals surface area (Å²) in [6.07, 6.45) is 0. The van der Waals surface area contributed by atoms with Gasteiger partial charge in [0.1, 0.15) is 0 Å². The number of rotatable bonds is 5. The number of nitrogens with one attached hydrogen (secondary N) is 1. The van der Waals surface area contributed by atoms with Crippen LogP contribution in [0.3, 0.4) is 0 Å². The quantitative estimate of drug-likeness (QED) is 0.918. The van der Waals surface area contributed by atoms with E-state index in [2.05, 4.69) is 29.3 Å².